The number of fused-ring (bicyclic) bond motifs is 1. The molecule has 2 heterocycles. The van der Waals surface area contributed by atoms with Crippen molar-refractivity contribution in [2.75, 3.05) is 5.32 Å². The Morgan fingerprint density at radius 3 is 2.65 bits per heavy atom. The zero-order chi connectivity index (χ0) is 18.3. The third kappa shape index (κ3) is 3.16. The molecule has 0 unspecified atom stereocenters. The Hall–Kier alpha value is -2.15. The highest BCUT2D eigenvalue weighted by Gasteiger charge is 2.17. The highest BCUT2D eigenvalue weighted by atomic mass is 79.9. The van der Waals surface area contributed by atoms with Crippen molar-refractivity contribution in [1.29, 1.82) is 0 Å². The summed E-state index contributed by atoms with van der Waals surface area (Å²) in [5, 5.41) is 14.8. The van der Waals surface area contributed by atoms with Crippen LogP contribution in [0.25, 0.3) is 21.3 Å². The average Bonchev–Trinajstić information content (AvgIpc) is 2.96. The molecule has 7 heteroatoms. The Morgan fingerprint density at radius 2 is 1.88 bits per heavy atom. The number of phenols is 1. The first-order valence-electron chi connectivity index (χ1n) is 7.78. The Labute approximate surface area is 167 Å². The SMILES string of the molecule is Cc1sc2ncnc(Nc3cc(Cl)ccc3O)c2c1-c1ccc(Br)cc1. The van der Waals surface area contributed by atoms with Crippen molar-refractivity contribution in [1.82, 2.24) is 9.97 Å². The van der Waals surface area contributed by atoms with Crippen LogP contribution in [0.15, 0.2) is 53.3 Å². The van der Waals surface area contributed by atoms with Crippen molar-refractivity contribution in [3.05, 3.63) is 63.2 Å². The maximum atomic E-state index is 10.1. The van der Waals surface area contributed by atoms with Crippen LogP contribution < -0.4 is 5.32 Å². The van der Waals surface area contributed by atoms with Crippen molar-refractivity contribution in [3.8, 4) is 16.9 Å². The number of aromatic nitrogens is 2. The van der Waals surface area contributed by atoms with E-state index in [2.05, 4.69) is 50.3 Å². The Bertz CT molecular complexity index is 1110. The lowest BCUT2D eigenvalue weighted by Crippen LogP contribution is -1.96. The topological polar surface area (TPSA) is 58.0 Å². The lowest BCUT2D eigenvalue weighted by atomic mass is 10.0. The van der Waals surface area contributed by atoms with Gasteiger partial charge in [0.25, 0.3) is 0 Å². The van der Waals surface area contributed by atoms with Gasteiger partial charge < -0.3 is 10.4 Å². The molecule has 0 saturated heterocycles. The second kappa shape index (κ2) is 6.87. The van der Waals surface area contributed by atoms with Crippen LogP contribution in [-0.4, -0.2) is 15.1 Å². The number of rotatable bonds is 3. The van der Waals surface area contributed by atoms with E-state index in [4.69, 9.17) is 11.6 Å². The summed E-state index contributed by atoms with van der Waals surface area (Å²) in [6.45, 7) is 2.07. The van der Waals surface area contributed by atoms with E-state index in [1.165, 1.54) is 6.33 Å². The summed E-state index contributed by atoms with van der Waals surface area (Å²) in [6.07, 6.45) is 1.52. The lowest BCUT2D eigenvalue weighted by molar-refractivity contribution is 0.478. The van der Waals surface area contributed by atoms with Crippen molar-refractivity contribution in [2.24, 2.45) is 0 Å². The maximum absolute atomic E-state index is 10.1. The van der Waals surface area contributed by atoms with Crippen LogP contribution in [0.5, 0.6) is 5.75 Å². The second-order valence-corrected chi connectivity index (χ2v) is 8.28. The van der Waals surface area contributed by atoms with Gasteiger partial charge in [0.15, 0.2) is 0 Å². The fraction of sp³-hybridized carbons (Fsp3) is 0.0526. The summed E-state index contributed by atoms with van der Waals surface area (Å²) >= 11 is 11.2. The minimum absolute atomic E-state index is 0.110. The molecule has 0 aliphatic heterocycles. The van der Waals surface area contributed by atoms with Gasteiger partial charge in [0.1, 0.15) is 22.7 Å². The maximum Gasteiger partial charge on any atom is 0.143 e. The minimum atomic E-state index is 0.110. The van der Waals surface area contributed by atoms with Crippen LogP contribution in [0, 0.1) is 6.92 Å². The monoisotopic (exact) mass is 445 g/mol. The molecule has 0 atom stereocenters. The second-order valence-electron chi connectivity index (χ2n) is 5.73. The van der Waals surface area contributed by atoms with Crippen molar-refractivity contribution < 1.29 is 5.11 Å². The number of benzene rings is 2. The third-order valence-electron chi connectivity index (χ3n) is 4.01. The molecular weight excluding hydrogens is 434 g/mol. The molecule has 4 nitrogen and oxygen atoms in total. The molecule has 2 aromatic carbocycles. The molecule has 0 saturated carbocycles. The zero-order valence-corrected chi connectivity index (χ0v) is 16.8. The number of hydrogen-bond donors (Lipinski definition) is 2. The molecule has 0 amide bonds. The van der Waals surface area contributed by atoms with Gasteiger partial charge >= 0.3 is 0 Å². The van der Waals surface area contributed by atoms with Crippen molar-refractivity contribution >= 4 is 60.6 Å². The molecule has 0 fully saturated rings. The van der Waals surface area contributed by atoms with Gasteiger partial charge in [0, 0.05) is 19.9 Å². The normalized spacial score (nSPS) is 11.0. The lowest BCUT2D eigenvalue weighted by Gasteiger charge is -2.11. The van der Waals surface area contributed by atoms with Crippen LogP contribution in [0.3, 0.4) is 0 Å². The van der Waals surface area contributed by atoms with E-state index in [-0.39, 0.29) is 5.75 Å². The Morgan fingerprint density at radius 1 is 1.12 bits per heavy atom. The number of anilines is 2. The quantitative estimate of drug-likeness (QED) is 0.351. The summed E-state index contributed by atoms with van der Waals surface area (Å²) in [5.41, 5.74) is 2.68. The van der Waals surface area contributed by atoms with Crippen LogP contribution in [0.2, 0.25) is 5.02 Å². The third-order valence-corrected chi connectivity index (χ3v) is 5.79. The van der Waals surface area contributed by atoms with Gasteiger partial charge in [-0.25, -0.2) is 9.97 Å². The van der Waals surface area contributed by atoms with Gasteiger partial charge in [0.2, 0.25) is 0 Å². The average molecular weight is 447 g/mol. The summed E-state index contributed by atoms with van der Waals surface area (Å²) in [7, 11) is 0. The highest BCUT2D eigenvalue weighted by molar-refractivity contribution is 9.10. The van der Waals surface area contributed by atoms with Crippen molar-refractivity contribution in [2.45, 2.75) is 6.92 Å². The van der Waals surface area contributed by atoms with Gasteiger partial charge in [-0.05, 0) is 42.8 Å². The molecule has 2 aromatic heterocycles. The smallest absolute Gasteiger partial charge is 0.143 e. The summed E-state index contributed by atoms with van der Waals surface area (Å²) in [6, 6.07) is 13.0. The zero-order valence-electron chi connectivity index (χ0n) is 13.6. The Balaban J connectivity index is 1.90. The molecule has 0 bridgehead atoms. The number of thiophene rings is 1. The molecule has 26 heavy (non-hydrogen) atoms. The van der Waals surface area contributed by atoms with Crippen LogP contribution in [0.1, 0.15) is 4.88 Å². The summed E-state index contributed by atoms with van der Waals surface area (Å²) in [5.74, 6) is 0.744. The fourth-order valence-electron chi connectivity index (χ4n) is 2.84. The van der Waals surface area contributed by atoms with Gasteiger partial charge in [-0.15, -0.1) is 11.3 Å². The molecule has 0 aliphatic carbocycles. The number of halogens is 2. The molecular formula is C19H13BrClN3OS. The van der Waals surface area contributed by atoms with Gasteiger partial charge in [-0.2, -0.15) is 0 Å². The van der Waals surface area contributed by atoms with Crippen LogP contribution in [-0.2, 0) is 0 Å². The van der Waals surface area contributed by atoms with E-state index in [1.807, 2.05) is 12.1 Å². The summed E-state index contributed by atoms with van der Waals surface area (Å²) in [4.78, 5) is 10.9. The number of nitrogens with zero attached hydrogens (tertiary/aromatic N) is 2. The molecule has 4 rings (SSSR count). The number of aromatic hydroxyl groups is 1. The number of nitrogens with one attached hydrogen (secondary N) is 1. The van der Waals surface area contributed by atoms with E-state index in [0.29, 0.717) is 16.5 Å². The first-order chi connectivity index (χ1) is 12.5. The van der Waals surface area contributed by atoms with E-state index in [9.17, 15) is 5.11 Å². The van der Waals surface area contributed by atoms with Crippen LogP contribution >= 0.6 is 38.9 Å². The van der Waals surface area contributed by atoms with E-state index < -0.39 is 0 Å². The first kappa shape index (κ1) is 17.3. The number of phenolic OH excluding ortho intramolecular Hbond substituents is 1. The fourth-order valence-corrected chi connectivity index (χ4v) is 4.29. The van der Waals surface area contributed by atoms with Crippen LogP contribution in [0.4, 0.5) is 11.5 Å². The Kier molecular flexibility index (Phi) is 4.56. The van der Waals surface area contributed by atoms with Gasteiger partial charge in [-0.1, -0.05) is 39.7 Å². The molecule has 2 N–H and O–H groups in total. The predicted octanol–water partition coefficient (Wildman–Crippen LogP) is 6.53. The standard InChI is InChI=1S/C19H13BrClN3OS/c1-10-16(11-2-4-12(20)5-3-11)17-18(22-9-23-19(17)26-10)24-14-8-13(21)6-7-15(14)25/h2-9,25H,1H3,(H,22,23,24). The van der Waals surface area contributed by atoms with Gasteiger partial charge in [-0.3, -0.25) is 0 Å². The summed E-state index contributed by atoms with van der Waals surface area (Å²) < 4.78 is 1.02. The molecule has 4 aromatic rings. The largest absolute Gasteiger partial charge is 0.506 e. The van der Waals surface area contributed by atoms with E-state index in [0.717, 1.165) is 30.7 Å². The molecule has 0 radical (unpaired) electrons. The minimum Gasteiger partial charge on any atom is -0.506 e. The van der Waals surface area contributed by atoms with Gasteiger partial charge in [0.05, 0.1) is 11.1 Å². The predicted molar refractivity (Wildman–Crippen MR) is 112 cm³/mol. The van der Waals surface area contributed by atoms with E-state index >= 15 is 0 Å². The molecule has 0 spiro atoms. The molecule has 0 aliphatic rings. The van der Waals surface area contributed by atoms with E-state index in [1.54, 1.807) is 29.5 Å². The molecule has 130 valence electrons. The number of hydrogen-bond acceptors (Lipinski definition) is 5. The number of aryl methyl sites for hydroxylation is 1. The first-order valence-corrected chi connectivity index (χ1v) is 9.77. The van der Waals surface area contributed by atoms with Crippen molar-refractivity contribution in [3.63, 3.8) is 0 Å². The highest BCUT2D eigenvalue weighted by Crippen LogP contribution is 2.42.